The van der Waals surface area contributed by atoms with Crippen LogP contribution in [-0.4, -0.2) is 46.7 Å². The van der Waals surface area contributed by atoms with E-state index in [1.165, 1.54) is 7.11 Å². The van der Waals surface area contributed by atoms with Crippen molar-refractivity contribution in [1.29, 1.82) is 0 Å². The molecule has 1 fully saturated rings. The van der Waals surface area contributed by atoms with E-state index in [0.29, 0.717) is 0 Å². The van der Waals surface area contributed by atoms with Gasteiger partial charge in [-0.1, -0.05) is 0 Å². The molecule has 0 aromatic heterocycles. The number of aliphatic hydroxyl groups excluding tert-OH is 1. The minimum atomic E-state index is -2.02. The van der Waals surface area contributed by atoms with Gasteiger partial charge in [0.1, 0.15) is 6.10 Å². The highest BCUT2D eigenvalue weighted by atomic mass is 16.5. The van der Waals surface area contributed by atoms with Crippen molar-refractivity contribution in [3.8, 4) is 0 Å². The van der Waals surface area contributed by atoms with Gasteiger partial charge in [0.2, 0.25) is 11.6 Å². The summed E-state index contributed by atoms with van der Waals surface area (Å²) in [5.41, 5.74) is -2.02. The highest BCUT2D eigenvalue weighted by Crippen LogP contribution is 2.25. The molecule has 1 aliphatic rings. The van der Waals surface area contributed by atoms with Crippen LogP contribution in [0.4, 0.5) is 0 Å². The molecular weight excluding hydrogens is 176 g/mol. The molecule has 74 valence electrons. The van der Waals surface area contributed by atoms with Gasteiger partial charge in [-0.25, -0.2) is 0 Å². The fourth-order valence-electron chi connectivity index (χ4n) is 1.38. The third kappa shape index (κ3) is 1.50. The molecule has 1 saturated carbocycles. The average Bonchev–Trinajstić information content (AvgIpc) is 2.09. The van der Waals surface area contributed by atoms with Gasteiger partial charge in [-0.15, -0.1) is 0 Å². The van der Waals surface area contributed by atoms with Crippen LogP contribution in [-0.2, 0) is 14.3 Å². The van der Waals surface area contributed by atoms with Gasteiger partial charge in [-0.3, -0.25) is 9.59 Å². The largest absolute Gasteiger partial charge is 0.387 e. The number of ether oxygens (including phenoxy) is 1. The second-order valence-electron chi connectivity index (χ2n) is 3.32. The average molecular weight is 188 g/mol. The Morgan fingerprint density at radius 2 is 2.08 bits per heavy atom. The van der Waals surface area contributed by atoms with E-state index in [9.17, 15) is 19.8 Å². The third-order valence-corrected chi connectivity index (χ3v) is 2.33. The Morgan fingerprint density at radius 3 is 2.54 bits per heavy atom. The molecule has 3 unspecified atom stereocenters. The Labute approximate surface area is 75.3 Å². The first-order chi connectivity index (χ1) is 5.91. The van der Waals surface area contributed by atoms with E-state index in [4.69, 9.17) is 4.74 Å². The molecule has 0 bridgehead atoms. The maximum Gasteiger partial charge on any atom is 0.232 e. The number of carbonyl (C=O) groups excluding carboxylic acids is 2. The molecule has 0 heterocycles. The van der Waals surface area contributed by atoms with Crippen LogP contribution in [0, 0.1) is 0 Å². The first-order valence-electron chi connectivity index (χ1n) is 3.92. The Bertz CT molecular complexity index is 245. The molecule has 0 aliphatic heterocycles. The van der Waals surface area contributed by atoms with Crippen LogP contribution in [0.25, 0.3) is 0 Å². The molecule has 3 atom stereocenters. The smallest absolute Gasteiger partial charge is 0.232 e. The van der Waals surface area contributed by atoms with Crippen molar-refractivity contribution >= 4 is 11.6 Å². The number of rotatable bonds is 1. The zero-order chi connectivity index (χ0) is 10.2. The van der Waals surface area contributed by atoms with E-state index >= 15 is 0 Å². The summed E-state index contributed by atoms with van der Waals surface area (Å²) < 4.78 is 4.77. The molecule has 5 nitrogen and oxygen atoms in total. The van der Waals surface area contributed by atoms with Gasteiger partial charge in [0, 0.05) is 13.5 Å². The van der Waals surface area contributed by atoms with Crippen LogP contribution in [0.2, 0.25) is 0 Å². The second kappa shape index (κ2) is 3.17. The number of methoxy groups -OCH3 is 1. The van der Waals surface area contributed by atoms with E-state index in [1.54, 1.807) is 0 Å². The Morgan fingerprint density at radius 1 is 1.54 bits per heavy atom. The van der Waals surface area contributed by atoms with Crippen molar-refractivity contribution in [2.45, 2.75) is 31.2 Å². The predicted octanol–water partition coefficient (Wildman–Crippen LogP) is -1.34. The van der Waals surface area contributed by atoms with Gasteiger partial charge in [0.05, 0.1) is 6.10 Å². The topological polar surface area (TPSA) is 83.8 Å². The summed E-state index contributed by atoms with van der Waals surface area (Å²) in [5.74, 6) is -1.66. The number of aliphatic hydroxyl groups is 2. The predicted molar refractivity (Wildman–Crippen MR) is 42.1 cm³/mol. The first-order valence-corrected chi connectivity index (χ1v) is 3.92. The van der Waals surface area contributed by atoms with Gasteiger partial charge in [-0.2, -0.15) is 0 Å². The monoisotopic (exact) mass is 188 g/mol. The van der Waals surface area contributed by atoms with E-state index in [-0.39, 0.29) is 6.42 Å². The van der Waals surface area contributed by atoms with Crippen molar-refractivity contribution in [2.24, 2.45) is 0 Å². The summed E-state index contributed by atoms with van der Waals surface area (Å²) in [6.07, 6.45) is -2.32. The molecule has 1 aliphatic carbocycles. The number of hydrogen-bond donors (Lipinski definition) is 2. The zero-order valence-electron chi connectivity index (χ0n) is 7.48. The minimum Gasteiger partial charge on any atom is -0.387 e. The van der Waals surface area contributed by atoms with Gasteiger partial charge >= 0.3 is 0 Å². The van der Waals surface area contributed by atoms with Gasteiger partial charge in [0.15, 0.2) is 5.60 Å². The van der Waals surface area contributed by atoms with Crippen molar-refractivity contribution in [1.82, 2.24) is 0 Å². The standard InChI is InChI=1S/C8H12O5/c1-8(12)6(10)4(9)3-5(13-2)7(8)11/h5,7,11-12H,3H2,1-2H3. The Kier molecular flexibility index (Phi) is 2.51. The number of carbonyl (C=O) groups is 2. The Balaban J connectivity index is 2.95. The van der Waals surface area contributed by atoms with Crippen LogP contribution < -0.4 is 0 Å². The summed E-state index contributed by atoms with van der Waals surface area (Å²) in [5, 5.41) is 18.9. The fraction of sp³-hybridized carbons (Fsp3) is 0.750. The molecule has 0 spiro atoms. The maximum absolute atomic E-state index is 11.1. The van der Waals surface area contributed by atoms with Crippen molar-refractivity contribution in [2.75, 3.05) is 7.11 Å². The van der Waals surface area contributed by atoms with Gasteiger partial charge in [0.25, 0.3) is 0 Å². The fourth-order valence-corrected chi connectivity index (χ4v) is 1.38. The summed E-state index contributed by atoms with van der Waals surface area (Å²) in [4.78, 5) is 22.1. The van der Waals surface area contributed by atoms with Crippen LogP contribution in [0.5, 0.6) is 0 Å². The molecule has 0 aromatic carbocycles. The molecule has 13 heavy (non-hydrogen) atoms. The highest BCUT2D eigenvalue weighted by Gasteiger charge is 2.50. The lowest BCUT2D eigenvalue weighted by molar-refractivity contribution is -0.177. The Hall–Kier alpha value is -0.780. The molecule has 2 N–H and O–H groups in total. The quantitative estimate of drug-likeness (QED) is 0.497. The lowest BCUT2D eigenvalue weighted by Crippen LogP contribution is -2.60. The lowest BCUT2D eigenvalue weighted by Gasteiger charge is -2.35. The van der Waals surface area contributed by atoms with Crippen LogP contribution in [0.3, 0.4) is 0 Å². The third-order valence-electron chi connectivity index (χ3n) is 2.33. The summed E-state index contributed by atoms with van der Waals surface area (Å²) >= 11 is 0. The normalized spacial score (nSPS) is 40.9. The van der Waals surface area contributed by atoms with Gasteiger partial charge < -0.3 is 14.9 Å². The molecule has 0 saturated heterocycles. The van der Waals surface area contributed by atoms with E-state index in [2.05, 4.69) is 0 Å². The van der Waals surface area contributed by atoms with E-state index in [1.807, 2.05) is 0 Å². The van der Waals surface area contributed by atoms with Crippen molar-refractivity contribution in [3.63, 3.8) is 0 Å². The SMILES string of the molecule is COC1CC(=O)C(=O)C(C)(O)C1O. The van der Waals surface area contributed by atoms with E-state index in [0.717, 1.165) is 6.92 Å². The zero-order valence-corrected chi connectivity index (χ0v) is 7.48. The first kappa shape index (κ1) is 10.3. The van der Waals surface area contributed by atoms with Crippen LogP contribution in [0.15, 0.2) is 0 Å². The lowest BCUT2D eigenvalue weighted by atomic mass is 9.80. The highest BCUT2D eigenvalue weighted by molar-refractivity contribution is 6.41. The summed E-state index contributed by atoms with van der Waals surface area (Å²) in [6.45, 7) is 1.11. The molecule has 0 amide bonds. The van der Waals surface area contributed by atoms with Crippen LogP contribution >= 0.6 is 0 Å². The van der Waals surface area contributed by atoms with E-state index < -0.39 is 29.4 Å². The van der Waals surface area contributed by atoms with Crippen LogP contribution in [0.1, 0.15) is 13.3 Å². The number of Topliss-reactive ketones (excluding diaryl/α,β-unsaturated/α-hetero) is 2. The van der Waals surface area contributed by atoms with Crippen molar-refractivity contribution in [3.05, 3.63) is 0 Å². The summed E-state index contributed by atoms with van der Waals surface area (Å²) in [7, 11) is 1.31. The number of hydrogen-bond acceptors (Lipinski definition) is 5. The molecule has 5 heteroatoms. The molecular formula is C8H12O5. The van der Waals surface area contributed by atoms with Gasteiger partial charge in [-0.05, 0) is 6.92 Å². The summed E-state index contributed by atoms with van der Waals surface area (Å²) in [6, 6.07) is 0. The molecule has 1 rings (SSSR count). The second-order valence-corrected chi connectivity index (χ2v) is 3.32. The maximum atomic E-state index is 11.1. The minimum absolute atomic E-state index is 0.174. The van der Waals surface area contributed by atoms with Crippen molar-refractivity contribution < 1.29 is 24.5 Å². The molecule has 0 radical (unpaired) electrons. The number of ketones is 2. The molecule has 0 aromatic rings.